The van der Waals surface area contributed by atoms with E-state index in [1.54, 1.807) is 0 Å². The standard InChI is InChI=1S/C24H17B2Br/c27-20-12-8-11-19(17-20)26-23-15-6-4-13-21(23)25(18-9-2-1-3-10-18)22-14-5-7-16-24(22)26/h1-17H. The first-order valence-electron chi connectivity index (χ1n) is 9.31. The summed E-state index contributed by atoms with van der Waals surface area (Å²) in [6.45, 7) is 0.539. The highest BCUT2D eigenvalue weighted by Gasteiger charge is 2.37. The minimum atomic E-state index is 0.259. The molecule has 0 fully saturated rings. The van der Waals surface area contributed by atoms with Crippen LogP contribution in [0.5, 0.6) is 0 Å². The van der Waals surface area contributed by atoms with Gasteiger partial charge in [-0.2, -0.15) is 0 Å². The maximum Gasteiger partial charge on any atom is 0.240 e. The fourth-order valence-electron chi connectivity index (χ4n) is 4.46. The number of hydrogen-bond acceptors (Lipinski definition) is 0. The molecule has 0 saturated heterocycles. The molecule has 3 heteroatoms. The minimum Gasteiger partial charge on any atom is -0.0733 e. The maximum atomic E-state index is 3.66. The quantitative estimate of drug-likeness (QED) is 0.392. The molecule has 0 amide bonds. The van der Waals surface area contributed by atoms with E-state index < -0.39 is 0 Å². The summed E-state index contributed by atoms with van der Waals surface area (Å²) in [5.74, 6) is 0. The molecule has 0 atom stereocenters. The van der Waals surface area contributed by atoms with Gasteiger partial charge in [-0.1, -0.05) is 146 Å². The van der Waals surface area contributed by atoms with Crippen molar-refractivity contribution >= 4 is 62.1 Å². The summed E-state index contributed by atoms with van der Waals surface area (Å²) >= 11 is 3.66. The molecule has 4 aromatic rings. The molecule has 126 valence electrons. The van der Waals surface area contributed by atoms with Crippen LogP contribution in [0.1, 0.15) is 0 Å². The van der Waals surface area contributed by atoms with Crippen molar-refractivity contribution in [3.05, 3.63) is 108 Å². The van der Waals surface area contributed by atoms with E-state index in [1.165, 1.54) is 32.8 Å². The Morgan fingerprint density at radius 2 is 0.889 bits per heavy atom. The first kappa shape index (κ1) is 16.6. The lowest BCUT2D eigenvalue weighted by Crippen LogP contribution is -2.74. The van der Waals surface area contributed by atoms with Gasteiger partial charge >= 0.3 is 0 Å². The molecular formula is C24H17B2Br. The second kappa shape index (κ2) is 6.90. The molecule has 1 aliphatic heterocycles. The van der Waals surface area contributed by atoms with Crippen molar-refractivity contribution in [1.29, 1.82) is 0 Å². The highest BCUT2D eigenvalue weighted by Crippen LogP contribution is 2.08. The zero-order chi connectivity index (χ0) is 18.2. The average molecular weight is 407 g/mol. The monoisotopic (exact) mass is 406 g/mol. The molecule has 1 aliphatic rings. The van der Waals surface area contributed by atoms with Crippen molar-refractivity contribution in [3.8, 4) is 0 Å². The van der Waals surface area contributed by atoms with E-state index in [0.717, 1.165) is 4.47 Å². The van der Waals surface area contributed by atoms with Gasteiger partial charge in [0.05, 0.1) is 0 Å². The minimum absolute atomic E-state index is 0.259. The molecule has 0 saturated carbocycles. The van der Waals surface area contributed by atoms with Crippen LogP contribution in [0.4, 0.5) is 0 Å². The Kier molecular flexibility index (Phi) is 4.26. The summed E-state index contributed by atoms with van der Waals surface area (Å²) in [6, 6.07) is 37.5. The summed E-state index contributed by atoms with van der Waals surface area (Å²) in [6.07, 6.45) is 0. The molecule has 0 aromatic heterocycles. The zero-order valence-corrected chi connectivity index (χ0v) is 16.4. The number of benzene rings is 4. The predicted molar refractivity (Wildman–Crippen MR) is 123 cm³/mol. The first-order valence-corrected chi connectivity index (χ1v) is 10.1. The highest BCUT2D eigenvalue weighted by atomic mass is 79.9. The van der Waals surface area contributed by atoms with Crippen LogP contribution in [-0.4, -0.2) is 13.4 Å². The molecular weight excluding hydrogens is 390 g/mol. The van der Waals surface area contributed by atoms with Gasteiger partial charge < -0.3 is 0 Å². The fraction of sp³-hybridized carbons (Fsp3) is 0. The van der Waals surface area contributed by atoms with E-state index in [0.29, 0.717) is 0 Å². The lowest BCUT2D eigenvalue weighted by Gasteiger charge is -2.32. The molecule has 27 heavy (non-hydrogen) atoms. The van der Waals surface area contributed by atoms with Gasteiger partial charge in [0, 0.05) is 4.47 Å². The van der Waals surface area contributed by atoms with Crippen molar-refractivity contribution in [2.24, 2.45) is 0 Å². The molecule has 0 bridgehead atoms. The van der Waals surface area contributed by atoms with Crippen LogP contribution in [0.3, 0.4) is 0 Å². The van der Waals surface area contributed by atoms with Gasteiger partial charge in [-0.3, -0.25) is 0 Å². The third-order valence-electron chi connectivity index (χ3n) is 5.55. The van der Waals surface area contributed by atoms with Crippen molar-refractivity contribution in [3.63, 3.8) is 0 Å². The Morgan fingerprint density at radius 1 is 0.444 bits per heavy atom. The van der Waals surface area contributed by atoms with Gasteiger partial charge in [-0.15, -0.1) is 0 Å². The van der Waals surface area contributed by atoms with Crippen LogP contribution in [0.15, 0.2) is 108 Å². The van der Waals surface area contributed by atoms with Crippen molar-refractivity contribution in [2.75, 3.05) is 0 Å². The van der Waals surface area contributed by atoms with Crippen LogP contribution >= 0.6 is 15.9 Å². The average Bonchev–Trinajstić information content (AvgIpc) is 2.72. The summed E-state index contributed by atoms with van der Waals surface area (Å²) in [7, 11) is 0. The van der Waals surface area contributed by atoms with E-state index in [4.69, 9.17) is 0 Å². The highest BCUT2D eigenvalue weighted by molar-refractivity contribution is 9.10. The number of hydrogen-bond donors (Lipinski definition) is 0. The van der Waals surface area contributed by atoms with Gasteiger partial charge in [0.15, 0.2) is 0 Å². The summed E-state index contributed by atoms with van der Waals surface area (Å²) in [4.78, 5) is 0. The van der Waals surface area contributed by atoms with Crippen molar-refractivity contribution in [1.82, 2.24) is 0 Å². The predicted octanol–water partition coefficient (Wildman–Crippen LogP) is 1.79. The number of fused-ring (bicyclic) bond motifs is 2. The van der Waals surface area contributed by atoms with Crippen LogP contribution in [0.25, 0.3) is 0 Å². The van der Waals surface area contributed by atoms with Crippen molar-refractivity contribution in [2.45, 2.75) is 0 Å². The molecule has 0 aliphatic carbocycles. The lowest BCUT2D eigenvalue weighted by atomic mass is 9.21. The van der Waals surface area contributed by atoms with E-state index >= 15 is 0 Å². The molecule has 1 heterocycles. The number of rotatable bonds is 2. The molecule has 0 nitrogen and oxygen atoms in total. The second-order valence-electron chi connectivity index (χ2n) is 7.09. The van der Waals surface area contributed by atoms with E-state index in [2.05, 4.69) is 119 Å². The molecule has 4 aromatic carbocycles. The molecule has 0 N–H and O–H groups in total. The van der Waals surface area contributed by atoms with E-state index in [-0.39, 0.29) is 13.4 Å². The molecule has 0 radical (unpaired) electrons. The van der Waals surface area contributed by atoms with Gasteiger partial charge in [0.25, 0.3) is 0 Å². The summed E-state index contributed by atoms with van der Waals surface area (Å²) in [5, 5.41) is 0. The first-order chi connectivity index (χ1) is 13.3. The topological polar surface area (TPSA) is 0 Å². The maximum absolute atomic E-state index is 3.66. The molecule has 0 unspecified atom stereocenters. The lowest BCUT2D eigenvalue weighted by molar-refractivity contribution is 1.68. The largest absolute Gasteiger partial charge is 0.240 e. The Hall–Kier alpha value is -2.51. The number of halogens is 1. The Balaban J connectivity index is 1.80. The SMILES string of the molecule is Brc1cccc(B2c3ccccc3B(c3ccccc3)c3ccccc32)c1. The third kappa shape index (κ3) is 2.87. The summed E-state index contributed by atoms with van der Waals surface area (Å²) < 4.78 is 1.13. The van der Waals surface area contributed by atoms with Gasteiger partial charge in [0.1, 0.15) is 0 Å². The normalized spacial score (nSPS) is 12.5. The second-order valence-corrected chi connectivity index (χ2v) is 8.01. The van der Waals surface area contributed by atoms with Crippen LogP contribution in [0, 0.1) is 0 Å². The molecule has 5 rings (SSSR count). The smallest absolute Gasteiger partial charge is 0.0733 e. The Labute approximate surface area is 169 Å². The fourth-order valence-corrected chi connectivity index (χ4v) is 4.88. The van der Waals surface area contributed by atoms with Crippen LogP contribution in [0.2, 0.25) is 0 Å². The third-order valence-corrected chi connectivity index (χ3v) is 6.04. The van der Waals surface area contributed by atoms with E-state index in [1.807, 2.05) is 0 Å². The van der Waals surface area contributed by atoms with Gasteiger partial charge in [0.2, 0.25) is 13.4 Å². The van der Waals surface area contributed by atoms with Gasteiger partial charge in [-0.25, -0.2) is 0 Å². The Morgan fingerprint density at radius 3 is 1.41 bits per heavy atom. The Bertz CT molecular complexity index is 1060. The summed E-state index contributed by atoms with van der Waals surface area (Å²) in [5.41, 5.74) is 8.31. The zero-order valence-electron chi connectivity index (χ0n) is 14.8. The van der Waals surface area contributed by atoms with Crippen LogP contribution < -0.4 is 32.8 Å². The molecule has 0 spiro atoms. The van der Waals surface area contributed by atoms with Crippen molar-refractivity contribution < 1.29 is 0 Å². The van der Waals surface area contributed by atoms with Crippen LogP contribution in [-0.2, 0) is 0 Å². The van der Waals surface area contributed by atoms with E-state index in [9.17, 15) is 0 Å². The van der Waals surface area contributed by atoms with Gasteiger partial charge in [-0.05, 0) is 6.07 Å².